The number of carboxylic acids is 1. The zero-order chi connectivity index (χ0) is 14.5. The molecular weight excluding hydrogens is 278 g/mol. The van der Waals surface area contributed by atoms with Gasteiger partial charge in [0.25, 0.3) is 0 Å². The molecule has 0 aliphatic heterocycles. The molecule has 112 valence electrons. The summed E-state index contributed by atoms with van der Waals surface area (Å²) in [4.78, 5) is 18.7. The minimum absolute atomic E-state index is 0.423. The quantitative estimate of drug-likeness (QED) is 0.704. The zero-order valence-corrected chi connectivity index (χ0v) is 12.7. The molecule has 0 bridgehead atoms. The third-order valence-corrected chi connectivity index (χ3v) is 4.31. The Kier molecular flexibility index (Phi) is 5.33. The summed E-state index contributed by atoms with van der Waals surface area (Å²) in [5.41, 5.74) is 0.749. The van der Waals surface area contributed by atoms with Gasteiger partial charge in [0.15, 0.2) is 5.13 Å². The number of likely N-dealkylation sites (N-methyl/N-ethyl adjacent to an activating group) is 1. The van der Waals surface area contributed by atoms with Gasteiger partial charge in [-0.15, -0.1) is 11.3 Å². The Bertz CT molecular complexity index is 462. The SMILES string of the molecule is CN(C)CCOCCNc1nc2c(s1)CCC2C(=O)O. The fourth-order valence-electron chi connectivity index (χ4n) is 2.12. The zero-order valence-electron chi connectivity index (χ0n) is 11.9. The predicted molar refractivity (Wildman–Crippen MR) is 78.7 cm³/mol. The number of rotatable bonds is 8. The van der Waals surface area contributed by atoms with Crippen LogP contribution in [0.4, 0.5) is 5.13 Å². The molecule has 2 N–H and O–H groups in total. The van der Waals surface area contributed by atoms with Gasteiger partial charge < -0.3 is 20.1 Å². The molecule has 2 rings (SSSR count). The molecule has 1 atom stereocenters. The van der Waals surface area contributed by atoms with Crippen LogP contribution >= 0.6 is 11.3 Å². The number of carboxylic acid groups (broad SMARTS) is 1. The van der Waals surface area contributed by atoms with Crippen LogP contribution in [0.25, 0.3) is 0 Å². The van der Waals surface area contributed by atoms with Gasteiger partial charge in [-0.1, -0.05) is 0 Å². The number of aryl methyl sites for hydroxylation is 1. The third-order valence-electron chi connectivity index (χ3n) is 3.22. The number of hydrogen-bond acceptors (Lipinski definition) is 6. The molecule has 1 aromatic rings. The molecule has 0 spiro atoms. The highest BCUT2D eigenvalue weighted by Crippen LogP contribution is 2.38. The Morgan fingerprint density at radius 2 is 2.35 bits per heavy atom. The maximum absolute atomic E-state index is 11.1. The predicted octanol–water partition coefficient (Wildman–Crippen LogP) is 1.25. The molecule has 1 heterocycles. The fourth-order valence-corrected chi connectivity index (χ4v) is 3.19. The largest absolute Gasteiger partial charge is 0.481 e. The monoisotopic (exact) mass is 299 g/mol. The van der Waals surface area contributed by atoms with Crippen molar-refractivity contribution in [3.05, 3.63) is 10.6 Å². The lowest BCUT2D eigenvalue weighted by Gasteiger charge is -2.10. The minimum Gasteiger partial charge on any atom is -0.481 e. The molecule has 1 aliphatic rings. The second-order valence-electron chi connectivity index (χ2n) is 5.10. The fraction of sp³-hybridized carbons (Fsp3) is 0.692. The lowest BCUT2D eigenvalue weighted by atomic mass is 10.1. The lowest BCUT2D eigenvalue weighted by molar-refractivity contribution is -0.138. The highest BCUT2D eigenvalue weighted by Gasteiger charge is 2.32. The number of aromatic nitrogens is 1. The van der Waals surface area contributed by atoms with Crippen LogP contribution in [0.15, 0.2) is 0 Å². The van der Waals surface area contributed by atoms with Gasteiger partial charge in [-0.2, -0.15) is 0 Å². The van der Waals surface area contributed by atoms with Gasteiger partial charge in [0.2, 0.25) is 0 Å². The van der Waals surface area contributed by atoms with E-state index in [1.165, 1.54) is 0 Å². The number of fused-ring (bicyclic) bond motifs is 1. The van der Waals surface area contributed by atoms with Crippen LogP contribution in [0, 0.1) is 0 Å². The molecule has 0 saturated heterocycles. The Labute approximate surface area is 122 Å². The Morgan fingerprint density at radius 3 is 3.05 bits per heavy atom. The molecule has 0 radical (unpaired) electrons. The van der Waals surface area contributed by atoms with Crippen LogP contribution in [0.3, 0.4) is 0 Å². The second-order valence-corrected chi connectivity index (χ2v) is 6.18. The summed E-state index contributed by atoms with van der Waals surface area (Å²) in [6.07, 6.45) is 1.50. The first-order valence-corrected chi connectivity index (χ1v) is 7.58. The van der Waals surface area contributed by atoms with Gasteiger partial charge in [-0.3, -0.25) is 4.79 Å². The summed E-state index contributed by atoms with van der Waals surface area (Å²) in [5, 5.41) is 13.1. The number of carbonyl (C=O) groups is 1. The average molecular weight is 299 g/mol. The molecule has 6 nitrogen and oxygen atoms in total. The molecule has 20 heavy (non-hydrogen) atoms. The van der Waals surface area contributed by atoms with E-state index in [1.54, 1.807) is 11.3 Å². The van der Waals surface area contributed by atoms with Crippen molar-refractivity contribution in [2.45, 2.75) is 18.8 Å². The highest BCUT2D eigenvalue weighted by atomic mass is 32.1. The summed E-state index contributed by atoms with van der Waals surface area (Å²) >= 11 is 1.56. The number of aliphatic carboxylic acids is 1. The maximum atomic E-state index is 11.1. The normalized spacial score (nSPS) is 17.4. The van der Waals surface area contributed by atoms with Crippen molar-refractivity contribution in [2.24, 2.45) is 0 Å². The van der Waals surface area contributed by atoms with E-state index in [0.29, 0.717) is 26.2 Å². The van der Waals surface area contributed by atoms with Crippen molar-refractivity contribution in [1.29, 1.82) is 0 Å². The smallest absolute Gasteiger partial charge is 0.312 e. The molecular formula is C13H21N3O3S. The standard InChI is InChI=1S/C13H21N3O3S/c1-16(2)6-8-19-7-5-14-13-15-11-9(12(17)18)3-4-10(11)20-13/h9H,3-8H2,1-2H3,(H,14,15)(H,17,18). The maximum Gasteiger partial charge on any atom is 0.312 e. The number of nitrogens with zero attached hydrogens (tertiary/aromatic N) is 2. The highest BCUT2D eigenvalue weighted by molar-refractivity contribution is 7.15. The summed E-state index contributed by atoms with van der Waals surface area (Å²) in [5.74, 6) is -1.19. The molecule has 0 fully saturated rings. The Hall–Kier alpha value is -1.18. The van der Waals surface area contributed by atoms with E-state index in [-0.39, 0.29) is 0 Å². The van der Waals surface area contributed by atoms with Crippen LogP contribution in [-0.2, 0) is 16.0 Å². The van der Waals surface area contributed by atoms with E-state index < -0.39 is 11.9 Å². The summed E-state index contributed by atoms with van der Waals surface area (Å²) < 4.78 is 5.48. The van der Waals surface area contributed by atoms with Crippen LogP contribution in [-0.4, -0.2) is 61.4 Å². The van der Waals surface area contributed by atoms with E-state index >= 15 is 0 Å². The molecule has 0 amide bonds. The first kappa shape index (κ1) is 15.2. The Morgan fingerprint density at radius 1 is 1.55 bits per heavy atom. The van der Waals surface area contributed by atoms with Crippen molar-refractivity contribution < 1.29 is 14.6 Å². The lowest BCUT2D eigenvalue weighted by Crippen LogP contribution is -2.20. The average Bonchev–Trinajstić information content (AvgIpc) is 2.92. The van der Waals surface area contributed by atoms with Gasteiger partial charge in [0, 0.05) is 18.0 Å². The molecule has 1 aromatic heterocycles. The number of thiazole rings is 1. The Balaban J connectivity index is 1.73. The molecule has 1 unspecified atom stereocenters. The minimum atomic E-state index is -0.771. The molecule has 0 saturated carbocycles. The first-order valence-electron chi connectivity index (χ1n) is 6.76. The number of hydrogen-bond donors (Lipinski definition) is 2. The topological polar surface area (TPSA) is 74.7 Å². The number of anilines is 1. The first-order chi connectivity index (χ1) is 9.58. The number of nitrogens with one attached hydrogen (secondary N) is 1. The summed E-state index contributed by atoms with van der Waals surface area (Å²) in [6.45, 7) is 2.94. The van der Waals surface area contributed by atoms with Crippen molar-refractivity contribution in [1.82, 2.24) is 9.88 Å². The van der Waals surface area contributed by atoms with Crippen LogP contribution < -0.4 is 5.32 Å². The summed E-state index contributed by atoms with van der Waals surface area (Å²) in [7, 11) is 4.02. The van der Waals surface area contributed by atoms with E-state index in [9.17, 15) is 4.79 Å². The van der Waals surface area contributed by atoms with E-state index in [4.69, 9.17) is 9.84 Å². The molecule has 7 heteroatoms. The van der Waals surface area contributed by atoms with Gasteiger partial charge in [0.05, 0.1) is 18.9 Å². The van der Waals surface area contributed by atoms with Gasteiger partial charge in [-0.25, -0.2) is 4.98 Å². The van der Waals surface area contributed by atoms with Crippen molar-refractivity contribution in [2.75, 3.05) is 45.7 Å². The summed E-state index contributed by atoms with van der Waals surface area (Å²) in [6, 6.07) is 0. The second kappa shape index (κ2) is 7.01. The van der Waals surface area contributed by atoms with Crippen LogP contribution in [0.5, 0.6) is 0 Å². The van der Waals surface area contributed by atoms with E-state index in [0.717, 1.165) is 28.7 Å². The van der Waals surface area contributed by atoms with Gasteiger partial charge >= 0.3 is 5.97 Å². The molecule has 0 aromatic carbocycles. The van der Waals surface area contributed by atoms with E-state index in [1.807, 2.05) is 14.1 Å². The van der Waals surface area contributed by atoms with Gasteiger partial charge in [-0.05, 0) is 26.9 Å². The van der Waals surface area contributed by atoms with Crippen LogP contribution in [0.1, 0.15) is 22.9 Å². The van der Waals surface area contributed by atoms with Crippen molar-refractivity contribution >= 4 is 22.4 Å². The third kappa shape index (κ3) is 3.91. The van der Waals surface area contributed by atoms with E-state index in [2.05, 4.69) is 15.2 Å². The van der Waals surface area contributed by atoms with Gasteiger partial charge in [0.1, 0.15) is 5.92 Å². The number of ether oxygens (including phenoxy) is 1. The van der Waals surface area contributed by atoms with Crippen LogP contribution in [0.2, 0.25) is 0 Å². The van der Waals surface area contributed by atoms with Crippen molar-refractivity contribution in [3.63, 3.8) is 0 Å². The molecule has 1 aliphatic carbocycles. The van der Waals surface area contributed by atoms with Crippen molar-refractivity contribution in [3.8, 4) is 0 Å².